The number of nitrogens with zero attached hydrogens (tertiary/aromatic N) is 3. The van der Waals surface area contributed by atoms with E-state index >= 15 is 4.39 Å². The molecule has 14 nitrogen and oxygen atoms in total. The van der Waals surface area contributed by atoms with Gasteiger partial charge in [0.2, 0.25) is 31.3 Å². The Morgan fingerprint density at radius 3 is 2.16 bits per heavy atom. The van der Waals surface area contributed by atoms with Crippen molar-refractivity contribution in [3.8, 4) is 6.07 Å². The van der Waals surface area contributed by atoms with E-state index in [1.165, 1.54) is 18.2 Å². The van der Waals surface area contributed by atoms with Gasteiger partial charge in [0.1, 0.15) is 12.1 Å². The standard InChI is InChI=1S/C44H54FN4O10PS/c1-43(2,3)41(53)56-25-58-60(55,59-26-57-42(54)44(4,5)6)37(45)28-16-19-35-29(20-28)21-36(61-35)38(50)47-33-15-11-10-14-31-17-18-34(49(31)39(33)51)40(52)48-23-30(22-46)32(24-48)27-12-8-7-9-13-27/h7-9,12-13,16,19-21,30-34,37H,10-11,14-15,17-18,23-26H2,1-6H3,(H,47,50)/t30-,31+,32+,33+,34+,37+/m1/s1. The third-order valence-corrected chi connectivity index (χ3v) is 14.2. The SMILES string of the molecule is CC(C)(C)C(=O)OCOP(=O)(OCOC(=O)C(C)(C)C)[C@H](F)c1ccc2sc(C(=O)N[C@H]3CCCC[C@H]4CC[C@@H](C(=O)N5C[C@@H](C#N)[C@H](c6ccccc6)C5)N4C3=O)cc2c1. The molecular weight excluding hydrogens is 827 g/mol. The Balaban J connectivity index is 1.16. The number of halogens is 1. The molecule has 0 unspecified atom stereocenters. The predicted molar refractivity (Wildman–Crippen MR) is 225 cm³/mol. The number of fused-ring (bicyclic) bond motifs is 2. The summed E-state index contributed by atoms with van der Waals surface area (Å²) >= 11 is 1.12. The molecule has 3 saturated heterocycles. The number of hydrogen-bond donors (Lipinski definition) is 1. The van der Waals surface area contributed by atoms with Gasteiger partial charge in [0.25, 0.3) is 5.91 Å². The normalized spacial score (nSPS) is 22.8. The van der Waals surface area contributed by atoms with E-state index in [9.17, 15) is 33.8 Å². The van der Waals surface area contributed by atoms with Crippen molar-refractivity contribution >= 4 is 58.7 Å². The van der Waals surface area contributed by atoms with Crippen LogP contribution in [0.25, 0.3) is 10.1 Å². The molecule has 328 valence electrons. The molecule has 0 spiro atoms. The molecule has 4 heterocycles. The van der Waals surface area contributed by atoms with Crippen molar-refractivity contribution in [1.29, 1.82) is 5.26 Å². The van der Waals surface area contributed by atoms with Gasteiger partial charge in [-0.25, -0.2) is 4.39 Å². The molecule has 1 aromatic heterocycles. The van der Waals surface area contributed by atoms with Crippen molar-refractivity contribution in [2.75, 3.05) is 26.7 Å². The number of carbonyl (C=O) groups is 5. The maximum Gasteiger partial charge on any atom is 0.374 e. The first-order chi connectivity index (χ1) is 28.8. The molecule has 6 rings (SSSR count). The molecule has 3 amide bonds. The molecule has 0 saturated carbocycles. The van der Waals surface area contributed by atoms with E-state index in [1.807, 2.05) is 30.3 Å². The summed E-state index contributed by atoms with van der Waals surface area (Å²) in [6.07, 6.45) is 3.84. The van der Waals surface area contributed by atoms with E-state index in [0.717, 1.165) is 29.7 Å². The lowest BCUT2D eigenvalue weighted by Gasteiger charge is -2.36. The molecule has 6 atom stereocenters. The number of alkyl halides is 1. The topological polar surface area (TPSA) is 182 Å². The Hall–Kier alpha value is -4.68. The van der Waals surface area contributed by atoms with Crippen LogP contribution < -0.4 is 5.32 Å². The van der Waals surface area contributed by atoms with Gasteiger partial charge in [-0.1, -0.05) is 49.2 Å². The van der Waals surface area contributed by atoms with Crippen LogP contribution in [0.3, 0.4) is 0 Å². The number of hydrogen-bond acceptors (Lipinski definition) is 12. The lowest BCUT2D eigenvalue weighted by atomic mass is 9.90. The highest BCUT2D eigenvalue weighted by atomic mass is 32.1. The second-order valence-corrected chi connectivity index (χ2v) is 21.1. The van der Waals surface area contributed by atoms with Gasteiger partial charge in [0, 0.05) is 29.7 Å². The van der Waals surface area contributed by atoms with Gasteiger partial charge in [-0.15, -0.1) is 11.3 Å². The summed E-state index contributed by atoms with van der Waals surface area (Å²) in [4.78, 5) is 70.6. The lowest BCUT2D eigenvalue weighted by molar-refractivity contribution is -0.162. The van der Waals surface area contributed by atoms with Crippen LogP contribution in [-0.4, -0.2) is 84.3 Å². The fourth-order valence-electron chi connectivity index (χ4n) is 7.91. The molecule has 3 fully saturated rings. The Kier molecular flexibility index (Phi) is 14.1. The number of carbonyl (C=O) groups excluding carboxylic acids is 5. The molecule has 3 aliphatic heterocycles. The zero-order valence-electron chi connectivity index (χ0n) is 35.4. The number of thiophene rings is 1. The van der Waals surface area contributed by atoms with Gasteiger partial charge in [-0.05, 0) is 102 Å². The minimum Gasteiger partial charge on any atom is -0.438 e. The third-order valence-electron chi connectivity index (χ3n) is 11.3. The third kappa shape index (κ3) is 10.5. The molecular formula is C44H54FN4O10PS. The minimum absolute atomic E-state index is 0.128. The van der Waals surface area contributed by atoms with Crippen molar-refractivity contribution < 1.29 is 51.4 Å². The number of rotatable bonds is 12. The molecule has 1 N–H and O–H groups in total. The molecule has 0 bridgehead atoms. The van der Waals surface area contributed by atoms with Crippen LogP contribution in [0.4, 0.5) is 4.39 Å². The highest BCUT2D eigenvalue weighted by Crippen LogP contribution is 2.62. The van der Waals surface area contributed by atoms with Gasteiger partial charge in [0.15, 0.2) is 0 Å². The number of nitrogens with one attached hydrogen (secondary N) is 1. The van der Waals surface area contributed by atoms with Crippen molar-refractivity contribution in [1.82, 2.24) is 15.1 Å². The summed E-state index contributed by atoms with van der Waals surface area (Å²) in [5, 5.41) is 13.3. The summed E-state index contributed by atoms with van der Waals surface area (Å²) in [5.41, 5.74) is -0.990. The number of likely N-dealkylation sites (tertiary alicyclic amines) is 1. The fourth-order valence-corrected chi connectivity index (χ4v) is 10.1. The monoisotopic (exact) mass is 880 g/mol. The number of benzene rings is 2. The van der Waals surface area contributed by atoms with Crippen molar-refractivity contribution in [3.63, 3.8) is 0 Å². The Labute approximate surface area is 359 Å². The number of esters is 2. The summed E-state index contributed by atoms with van der Waals surface area (Å²) in [6, 6.07) is 16.2. The molecule has 0 aliphatic carbocycles. The second kappa shape index (κ2) is 18.7. The number of nitriles is 1. The fraction of sp³-hybridized carbons (Fsp3) is 0.545. The zero-order valence-corrected chi connectivity index (χ0v) is 37.1. The van der Waals surface area contributed by atoms with Crippen molar-refractivity contribution in [2.24, 2.45) is 16.7 Å². The van der Waals surface area contributed by atoms with Gasteiger partial charge >= 0.3 is 19.5 Å². The summed E-state index contributed by atoms with van der Waals surface area (Å²) < 4.78 is 51.4. The molecule has 61 heavy (non-hydrogen) atoms. The van der Waals surface area contributed by atoms with E-state index in [-0.39, 0.29) is 46.7 Å². The first-order valence-corrected chi connectivity index (χ1v) is 23.0. The Morgan fingerprint density at radius 2 is 1.54 bits per heavy atom. The predicted octanol–water partition coefficient (Wildman–Crippen LogP) is 7.99. The lowest BCUT2D eigenvalue weighted by Crippen LogP contribution is -2.56. The largest absolute Gasteiger partial charge is 0.438 e. The van der Waals surface area contributed by atoms with Gasteiger partial charge in [0.05, 0.1) is 27.7 Å². The van der Waals surface area contributed by atoms with Crippen LogP contribution in [0.1, 0.15) is 113 Å². The quantitative estimate of drug-likeness (QED) is 0.106. The number of amides is 3. The smallest absolute Gasteiger partial charge is 0.374 e. The Bertz CT molecular complexity index is 2180. The van der Waals surface area contributed by atoms with Gasteiger partial charge in [-0.2, -0.15) is 5.26 Å². The maximum absolute atomic E-state index is 16.3. The van der Waals surface area contributed by atoms with E-state index in [1.54, 1.807) is 57.4 Å². The molecule has 0 radical (unpaired) electrons. The first kappa shape index (κ1) is 45.8. The van der Waals surface area contributed by atoms with Crippen molar-refractivity contribution in [2.45, 2.75) is 110 Å². The molecule has 2 aromatic carbocycles. The van der Waals surface area contributed by atoms with Gasteiger partial charge in [-0.3, -0.25) is 37.6 Å². The molecule has 3 aliphatic rings. The van der Waals surface area contributed by atoms with Crippen LogP contribution in [0.2, 0.25) is 0 Å². The summed E-state index contributed by atoms with van der Waals surface area (Å²) in [5.74, 6) is -5.30. The van der Waals surface area contributed by atoms with Crippen LogP contribution >= 0.6 is 18.9 Å². The van der Waals surface area contributed by atoms with Crippen LogP contribution in [0, 0.1) is 28.1 Å². The first-order valence-electron chi connectivity index (χ1n) is 20.6. The van der Waals surface area contributed by atoms with E-state index in [0.29, 0.717) is 42.3 Å². The Morgan fingerprint density at radius 1 is 0.902 bits per heavy atom. The summed E-state index contributed by atoms with van der Waals surface area (Å²) in [6.45, 7) is 8.47. The average Bonchev–Trinajstić information content (AvgIpc) is 3.97. The maximum atomic E-state index is 16.3. The van der Waals surface area contributed by atoms with Crippen LogP contribution in [0.15, 0.2) is 54.6 Å². The second-order valence-electron chi connectivity index (χ2n) is 17.9. The highest BCUT2D eigenvalue weighted by molar-refractivity contribution is 7.54. The average molecular weight is 881 g/mol. The number of ether oxygens (including phenoxy) is 2. The van der Waals surface area contributed by atoms with E-state index in [2.05, 4.69) is 11.4 Å². The summed E-state index contributed by atoms with van der Waals surface area (Å²) in [7, 11) is -4.81. The van der Waals surface area contributed by atoms with E-state index < -0.39 is 67.9 Å². The van der Waals surface area contributed by atoms with Gasteiger partial charge < -0.3 is 24.6 Å². The van der Waals surface area contributed by atoms with Crippen LogP contribution in [0.5, 0.6) is 0 Å². The van der Waals surface area contributed by atoms with Crippen molar-refractivity contribution in [3.05, 3.63) is 70.6 Å². The highest BCUT2D eigenvalue weighted by Gasteiger charge is 2.47. The molecule has 17 heteroatoms. The van der Waals surface area contributed by atoms with E-state index in [4.69, 9.17) is 18.5 Å². The minimum atomic E-state index is -4.81. The van der Waals surface area contributed by atoms with Crippen LogP contribution in [-0.2, 0) is 42.3 Å². The molecule has 3 aromatic rings. The zero-order chi connectivity index (χ0) is 44.3.